The second-order valence-corrected chi connectivity index (χ2v) is 20.8. The number of aliphatic hydroxyl groups is 7. The van der Waals surface area contributed by atoms with Crippen LogP contribution in [0.1, 0.15) is 106 Å². The first-order chi connectivity index (χ1) is 26.8. The van der Waals surface area contributed by atoms with Crippen LogP contribution in [0.25, 0.3) is 0 Å². The molecule has 6 fully saturated rings. The fourth-order valence-electron chi connectivity index (χ4n) is 13.5. The van der Waals surface area contributed by atoms with Gasteiger partial charge < -0.3 is 65.5 Å². The largest absolute Gasteiger partial charge is 0.479 e. The van der Waals surface area contributed by atoms with Crippen molar-refractivity contribution in [3.05, 3.63) is 11.6 Å². The molecule has 0 radical (unpaired) electrons. The van der Waals surface area contributed by atoms with E-state index >= 15 is 0 Å². The van der Waals surface area contributed by atoms with E-state index in [0.717, 1.165) is 38.5 Å². The third-order valence-corrected chi connectivity index (χ3v) is 17.4. The number of aliphatic carboxylic acids is 1. The summed E-state index contributed by atoms with van der Waals surface area (Å²) < 4.78 is 23.6. The number of rotatable bonds is 7. The van der Waals surface area contributed by atoms with E-state index in [4.69, 9.17) is 24.7 Å². The SMILES string of the molecule is CC1(C)[C@@H](OC2O[C@H](C(O)O)[C@@H](O)[C@H](O)[C@H]2O[C@@H]2O[C@H](C(=O)O)[C@@H](O)[C@H](O)[C@H]2O)CC[C@]2(C)[C@H]3C(=O)C=C4[C@@H]5C[C@@](C)(C(N)=O)CC[C@]5(C)CC[C@@]4(C)[C@]3(C)CC[C@@H]12. The van der Waals surface area contributed by atoms with Crippen molar-refractivity contribution in [2.45, 2.75) is 180 Å². The van der Waals surface area contributed by atoms with Crippen LogP contribution in [0.4, 0.5) is 0 Å². The van der Waals surface area contributed by atoms with Gasteiger partial charge in [0.1, 0.15) is 42.7 Å². The van der Waals surface area contributed by atoms with Crippen LogP contribution in [0.3, 0.4) is 0 Å². The Bertz CT molecular complexity index is 1690. The molecule has 10 N–H and O–H groups in total. The summed E-state index contributed by atoms with van der Waals surface area (Å²) in [5.74, 6) is -2.15. The van der Waals surface area contributed by atoms with Gasteiger partial charge in [-0.05, 0) is 103 Å². The maximum absolute atomic E-state index is 14.9. The predicted octanol–water partition coefficient (Wildman–Crippen LogP) is 0.872. The standard InChI is InChI=1S/C42H65NO15/c1-37(2)21-8-11-42(7)31(20(44)16-18-19-17-39(4,36(43)54)13-12-38(19,3)14-15-41(18,42)6)40(21,5)10-9-22(37)55-35-30(26(48)25(47)29(57-35)33(52)53)58-34-27(49)23(45)24(46)28(56-34)32(50)51/h16,19,21-31,33-35,45-49,52-53H,8-15,17H2,1-7H3,(H2,43,54)(H,50,51)/t19-,21-,22-,23-,24-,25-,26-,27+,28-,29-,30+,31+,34-,35?,38+,39-,40-,41+,42+/m0/s1. The number of hydrogen-bond acceptors (Lipinski definition) is 14. The molecular formula is C42H65NO15. The average Bonchev–Trinajstić information content (AvgIpc) is 3.13. The first-order valence-electron chi connectivity index (χ1n) is 20.9. The Morgan fingerprint density at radius 3 is 2.07 bits per heavy atom. The number of carboxylic acid groups (broad SMARTS) is 1. The molecule has 2 heterocycles. The number of hydrogen-bond donors (Lipinski definition) is 9. The summed E-state index contributed by atoms with van der Waals surface area (Å²) >= 11 is 0. The Labute approximate surface area is 339 Å². The third-order valence-electron chi connectivity index (χ3n) is 17.4. The molecule has 7 rings (SSSR count). The van der Waals surface area contributed by atoms with E-state index in [2.05, 4.69) is 27.7 Å². The quantitative estimate of drug-likeness (QED) is 0.127. The molecule has 0 aromatic rings. The van der Waals surface area contributed by atoms with Gasteiger partial charge in [0, 0.05) is 11.3 Å². The van der Waals surface area contributed by atoms with Gasteiger partial charge in [-0.15, -0.1) is 0 Å². The highest BCUT2D eigenvalue weighted by Gasteiger charge is 2.71. The molecule has 328 valence electrons. The molecular weight excluding hydrogens is 758 g/mol. The highest BCUT2D eigenvalue weighted by Crippen LogP contribution is 2.75. The van der Waals surface area contributed by atoms with Crippen molar-refractivity contribution in [3.8, 4) is 0 Å². The van der Waals surface area contributed by atoms with Crippen LogP contribution in [0.5, 0.6) is 0 Å². The van der Waals surface area contributed by atoms with Crippen molar-refractivity contribution in [2.75, 3.05) is 0 Å². The smallest absolute Gasteiger partial charge is 0.335 e. The van der Waals surface area contributed by atoms with Gasteiger partial charge >= 0.3 is 5.97 Å². The van der Waals surface area contributed by atoms with E-state index in [-0.39, 0.29) is 45.7 Å². The number of nitrogens with two attached hydrogens (primary N) is 1. The number of carbonyl (C=O) groups is 3. The molecule has 4 saturated carbocycles. The van der Waals surface area contributed by atoms with Crippen molar-refractivity contribution in [3.63, 3.8) is 0 Å². The molecule has 1 unspecified atom stereocenters. The molecule has 58 heavy (non-hydrogen) atoms. The number of carboxylic acids is 1. The lowest BCUT2D eigenvalue weighted by atomic mass is 9.33. The maximum atomic E-state index is 14.9. The van der Waals surface area contributed by atoms with Crippen LogP contribution in [0.15, 0.2) is 11.6 Å². The van der Waals surface area contributed by atoms with Crippen LogP contribution < -0.4 is 5.73 Å². The monoisotopic (exact) mass is 823 g/mol. The van der Waals surface area contributed by atoms with Crippen LogP contribution >= 0.6 is 0 Å². The fraction of sp³-hybridized carbons (Fsp3) is 0.881. The van der Waals surface area contributed by atoms with Crippen molar-refractivity contribution >= 4 is 17.7 Å². The number of amides is 1. The van der Waals surface area contributed by atoms with Crippen LogP contribution in [-0.4, -0.2) is 132 Å². The highest BCUT2D eigenvalue weighted by atomic mass is 16.8. The second kappa shape index (κ2) is 14.5. The van der Waals surface area contributed by atoms with Gasteiger partial charge in [0.15, 0.2) is 30.8 Å². The van der Waals surface area contributed by atoms with Crippen molar-refractivity contribution in [2.24, 2.45) is 56.0 Å². The molecule has 2 saturated heterocycles. The number of carbonyl (C=O) groups excluding carboxylic acids is 2. The van der Waals surface area contributed by atoms with E-state index in [9.17, 15) is 55.2 Å². The number of ether oxygens (including phenoxy) is 4. The number of primary amides is 1. The number of aliphatic hydroxyl groups excluding tert-OH is 6. The maximum Gasteiger partial charge on any atom is 0.335 e. The zero-order chi connectivity index (χ0) is 42.9. The van der Waals surface area contributed by atoms with E-state index in [1.807, 2.05) is 26.8 Å². The third kappa shape index (κ3) is 6.37. The summed E-state index contributed by atoms with van der Waals surface area (Å²) in [6, 6.07) is 0. The van der Waals surface area contributed by atoms with E-state index in [1.165, 1.54) is 5.57 Å². The van der Waals surface area contributed by atoms with E-state index in [0.29, 0.717) is 19.3 Å². The molecule has 2 aliphatic heterocycles. The average molecular weight is 824 g/mol. The first-order valence-corrected chi connectivity index (χ1v) is 20.9. The van der Waals surface area contributed by atoms with Crippen LogP contribution in [0, 0.1) is 50.2 Å². The minimum absolute atomic E-state index is 0.0278. The van der Waals surface area contributed by atoms with Gasteiger partial charge in [-0.25, -0.2) is 4.79 Å². The summed E-state index contributed by atoms with van der Waals surface area (Å²) in [5.41, 5.74) is 4.68. The molecule has 0 aromatic carbocycles. The lowest BCUT2D eigenvalue weighted by Crippen LogP contribution is -2.68. The predicted molar refractivity (Wildman–Crippen MR) is 202 cm³/mol. The summed E-state index contributed by atoms with van der Waals surface area (Å²) in [7, 11) is 0. The fourth-order valence-corrected chi connectivity index (χ4v) is 13.5. The van der Waals surface area contributed by atoms with Gasteiger partial charge in [-0.3, -0.25) is 9.59 Å². The minimum atomic E-state index is -2.26. The molecule has 0 spiro atoms. The van der Waals surface area contributed by atoms with Crippen molar-refractivity contribution in [1.82, 2.24) is 0 Å². The summed E-state index contributed by atoms with van der Waals surface area (Å²) in [6.07, 6.45) is -13.2. The molecule has 16 heteroatoms. The van der Waals surface area contributed by atoms with E-state index < -0.39 is 96.0 Å². The van der Waals surface area contributed by atoms with Crippen molar-refractivity contribution in [1.29, 1.82) is 0 Å². The summed E-state index contributed by atoms with van der Waals surface area (Å²) in [4.78, 5) is 39.4. The van der Waals surface area contributed by atoms with Crippen LogP contribution in [0.2, 0.25) is 0 Å². The Morgan fingerprint density at radius 1 is 0.793 bits per heavy atom. The second-order valence-electron chi connectivity index (χ2n) is 20.8. The summed E-state index contributed by atoms with van der Waals surface area (Å²) in [6.45, 7) is 15.2. The lowest BCUT2D eigenvalue weighted by molar-refractivity contribution is -0.385. The Hall–Kier alpha value is -2.09. The summed E-state index contributed by atoms with van der Waals surface area (Å²) in [5, 5.41) is 83.2. The Morgan fingerprint density at radius 2 is 1.45 bits per heavy atom. The van der Waals surface area contributed by atoms with Gasteiger partial charge in [-0.2, -0.15) is 0 Å². The minimum Gasteiger partial charge on any atom is -0.479 e. The van der Waals surface area contributed by atoms with E-state index in [1.54, 1.807) is 0 Å². The number of allylic oxidation sites excluding steroid dienone is 2. The Kier molecular flexibility index (Phi) is 11.0. The lowest BCUT2D eigenvalue weighted by Gasteiger charge is -2.70. The number of fused-ring (bicyclic) bond motifs is 7. The molecule has 1 amide bonds. The molecule has 0 bridgehead atoms. The molecule has 5 aliphatic carbocycles. The zero-order valence-electron chi connectivity index (χ0n) is 34.6. The first kappa shape index (κ1) is 44.0. The highest BCUT2D eigenvalue weighted by molar-refractivity contribution is 5.95. The van der Waals surface area contributed by atoms with Crippen molar-refractivity contribution < 1.29 is 74.2 Å². The Balaban J connectivity index is 1.17. The van der Waals surface area contributed by atoms with Crippen LogP contribution in [-0.2, 0) is 33.3 Å². The normalized spacial score (nSPS) is 52.7. The molecule has 19 atom stereocenters. The topological polar surface area (TPSA) is 276 Å². The number of ketones is 1. The van der Waals surface area contributed by atoms with Gasteiger partial charge in [0.2, 0.25) is 5.91 Å². The zero-order valence-corrected chi connectivity index (χ0v) is 34.6. The van der Waals surface area contributed by atoms with Gasteiger partial charge in [0.05, 0.1) is 6.10 Å². The van der Waals surface area contributed by atoms with Gasteiger partial charge in [0.25, 0.3) is 0 Å². The molecule has 7 aliphatic rings. The molecule has 16 nitrogen and oxygen atoms in total. The molecule has 0 aromatic heterocycles. The van der Waals surface area contributed by atoms with Gasteiger partial charge in [-0.1, -0.05) is 54.0 Å².